The summed E-state index contributed by atoms with van der Waals surface area (Å²) >= 11 is 12.6. The summed E-state index contributed by atoms with van der Waals surface area (Å²) in [5, 5.41) is 6.19. The normalized spacial score (nSPS) is 11.9. The van der Waals surface area contributed by atoms with Gasteiger partial charge in [0.25, 0.3) is 0 Å². The molecule has 0 unspecified atom stereocenters. The zero-order chi connectivity index (χ0) is 21.6. The van der Waals surface area contributed by atoms with Gasteiger partial charge in [-0.25, -0.2) is 0 Å². The summed E-state index contributed by atoms with van der Waals surface area (Å²) in [5.74, 6) is -0.688. The van der Waals surface area contributed by atoms with Crippen LogP contribution in [0.4, 0.5) is 11.4 Å². The summed E-state index contributed by atoms with van der Waals surface area (Å²) in [6.45, 7) is 3.25. The van der Waals surface area contributed by atoms with Crippen LogP contribution >= 0.6 is 23.2 Å². The second-order valence-corrected chi connectivity index (χ2v) is 7.37. The standard InChI is InChI=1S/C21H22Cl2N4O2/c1-12(24)7-20(28)26-18-5-3-14(10-16(18)22)9-15-4-6-19(17(23)11-15)27-21(29)8-13(2)25/h3-8,10-11H,9,24-25H2,1-2H3,(H,26,28)(H,27,29)/b12-7-,13-8-. The van der Waals surface area contributed by atoms with Crippen LogP contribution in [0.5, 0.6) is 0 Å². The molecule has 0 atom stereocenters. The molecule has 0 aliphatic heterocycles. The highest BCUT2D eigenvalue weighted by atomic mass is 35.5. The van der Waals surface area contributed by atoms with Crippen molar-refractivity contribution in [1.29, 1.82) is 0 Å². The topological polar surface area (TPSA) is 110 Å². The highest BCUT2D eigenvalue weighted by molar-refractivity contribution is 6.34. The fourth-order valence-electron chi connectivity index (χ4n) is 2.53. The maximum Gasteiger partial charge on any atom is 0.250 e. The third-order valence-corrected chi connectivity index (χ3v) is 4.33. The van der Waals surface area contributed by atoms with Crippen LogP contribution in [-0.2, 0) is 16.0 Å². The SMILES string of the molecule is C/C(N)=C/C(=O)Nc1ccc(Cc2ccc(NC(=O)/C=C(/C)N)c(Cl)c2)cc1Cl. The van der Waals surface area contributed by atoms with Crippen LogP contribution < -0.4 is 22.1 Å². The van der Waals surface area contributed by atoms with Crippen LogP contribution in [0.15, 0.2) is 59.9 Å². The van der Waals surface area contributed by atoms with E-state index in [1.54, 1.807) is 38.1 Å². The third-order valence-electron chi connectivity index (χ3n) is 3.71. The molecule has 0 spiro atoms. The van der Waals surface area contributed by atoms with Gasteiger partial charge in [0.15, 0.2) is 0 Å². The van der Waals surface area contributed by atoms with E-state index in [-0.39, 0.29) is 11.8 Å². The molecule has 2 aromatic rings. The van der Waals surface area contributed by atoms with Crippen molar-refractivity contribution >= 4 is 46.4 Å². The van der Waals surface area contributed by atoms with E-state index in [9.17, 15) is 9.59 Å². The maximum absolute atomic E-state index is 11.8. The monoisotopic (exact) mass is 432 g/mol. The van der Waals surface area contributed by atoms with E-state index >= 15 is 0 Å². The van der Waals surface area contributed by atoms with Crippen molar-refractivity contribution in [2.45, 2.75) is 20.3 Å². The van der Waals surface area contributed by atoms with E-state index < -0.39 is 0 Å². The van der Waals surface area contributed by atoms with E-state index in [0.29, 0.717) is 39.2 Å². The Hall–Kier alpha value is -2.96. The van der Waals surface area contributed by atoms with Crippen molar-refractivity contribution in [3.05, 3.63) is 81.1 Å². The molecule has 29 heavy (non-hydrogen) atoms. The average Bonchev–Trinajstić information content (AvgIpc) is 2.58. The number of benzene rings is 2. The van der Waals surface area contributed by atoms with Crippen LogP contribution in [0.25, 0.3) is 0 Å². The first-order valence-electron chi connectivity index (χ1n) is 8.70. The van der Waals surface area contributed by atoms with Crippen LogP contribution in [0, 0.1) is 0 Å². The van der Waals surface area contributed by atoms with E-state index in [1.807, 2.05) is 12.1 Å². The largest absolute Gasteiger partial charge is 0.402 e. The Morgan fingerprint density at radius 1 is 0.828 bits per heavy atom. The summed E-state index contributed by atoms with van der Waals surface area (Å²) in [4.78, 5) is 23.5. The van der Waals surface area contributed by atoms with Crippen molar-refractivity contribution in [2.24, 2.45) is 11.5 Å². The number of rotatable bonds is 6. The molecule has 152 valence electrons. The van der Waals surface area contributed by atoms with Gasteiger partial charge in [-0.2, -0.15) is 0 Å². The molecule has 0 aliphatic carbocycles. The molecular weight excluding hydrogens is 411 g/mol. The lowest BCUT2D eigenvalue weighted by Gasteiger charge is -2.10. The first kappa shape index (κ1) is 22.3. The Balaban J connectivity index is 2.10. The van der Waals surface area contributed by atoms with Crippen molar-refractivity contribution in [3.63, 3.8) is 0 Å². The summed E-state index contributed by atoms with van der Waals surface area (Å²) in [5.41, 5.74) is 14.7. The number of halogens is 2. The zero-order valence-corrected chi connectivity index (χ0v) is 17.6. The number of hydrogen-bond acceptors (Lipinski definition) is 4. The molecule has 0 radical (unpaired) electrons. The van der Waals surface area contributed by atoms with Gasteiger partial charge in [-0.05, 0) is 55.7 Å². The third kappa shape index (κ3) is 7.18. The number of amides is 2. The molecule has 0 aromatic heterocycles. The number of anilines is 2. The molecule has 2 amide bonds. The molecule has 0 bridgehead atoms. The highest BCUT2D eigenvalue weighted by Gasteiger charge is 2.08. The lowest BCUT2D eigenvalue weighted by Crippen LogP contribution is -2.11. The molecule has 2 rings (SSSR count). The van der Waals surface area contributed by atoms with Gasteiger partial charge < -0.3 is 22.1 Å². The van der Waals surface area contributed by atoms with Crippen LogP contribution in [-0.4, -0.2) is 11.8 Å². The van der Waals surface area contributed by atoms with E-state index in [2.05, 4.69) is 10.6 Å². The Kier molecular flexibility index (Phi) is 7.70. The van der Waals surface area contributed by atoms with E-state index in [0.717, 1.165) is 11.1 Å². The summed E-state index contributed by atoms with van der Waals surface area (Å²) < 4.78 is 0. The van der Waals surface area contributed by atoms with Gasteiger partial charge in [0, 0.05) is 23.5 Å². The first-order chi connectivity index (χ1) is 13.6. The van der Waals surface area contributed by atoms with Gasteiger partial charge in [-0.15, -0.1) is 0 Å². The molecule has 8 heteroatoms. The predicted octanol–water partition coefficient (Wildman–Crippen LogP) is 4.19. The van der Waals surface area contributed by atoms with Gasteiger partial charge in [0.1, 0.15) is 0 Å². The average molecular weight is 433 g/mol. The van der Waals surface area contributed by atoms with Crippen molar-refractivity contribution < 1.29 is 9.59 Å². The number of nitrogens with two attached hydrogens (primary N) is 2. The molecule has 0 fully saturated rings. The summed E-state index contributed by atoms with van der Waals surface area (Å²) in [7, 11) is 0. The molecule has 0 saturated carbocycles. The Morgan fingerprint density at radius 3 is 1.52 bits per heavy atom. The maximum atomic E-state index is 11.8. The first-order valence-corrected chi connectivity index (χ1v) is 9.46. The minimum atomic E-state index is -0.344. The number of carbonyl (C=O) groups is 2. The van der Waals surface area contributed by atoms with Crippen molar-refractivity contribution in [3.8, 4) is 0 Å². The van der Waals surface area contributed by atoms with Gasteiger partial charge in [-0.1, -0.05) is 35.3 Å². The van der Waals surface area contributed by atoms with Crippen LogP contribution in [0.2, 0.25) is 10.0 Å². The second-order valence-electron chi connectivity index (χ2n) is 6.56. The van der Waals surface area contributed by atoms with Gasteiger partial charge in [0.05, 0.1) is 21.4 Å². The van der Waals surface area contributed by atoms with E-state index in [4.69, 9.17) is 34.7 Å². The second kappa shape index (κ2) is 10.0. The zero-order valence-electron chi connectivity index (χ0n) is 16.1. The molecular formula is C21H22Cl2N4O2. The smallest absolute Gasteiger partial charge is 0.250 e. The fraction of sp³-hybridized carbons (Fsp3) is 0.143. The number of hydrogen-bond donors (Lipinski definition) is 4. The molecule has 0 aliphatic rings. The molecule has 6 nitrogen and oxygen atoms in total. The lowest BCUT2D eigenvalue weighted by atomic mass is 10.0. The number of carbonyl (C=O) groups excluding carboxylic acids is 2. The Labute approximate surface area is 179 Å². The van der Waals surface area contributed by atoms with Crippen LogP contribution in [0.3, 0.4) is 0 Å². The van der Waals surface area contributed by atoms with Crippen molar-refractivity contribution in [1.82, 2.24) is 0 Å². The quantitative estimate of drug-likeness (QED) is 0.512. The highest BCUT2D eigenvalue weighted by Crippen LogP contribution is 2.27. The summed E-state index contributed by atoms with van der Waals surface area (Å²) in [6, 6.07) is 10.7. The molecule has 6 N–H and O–H groups in total. The predicted molar refractivity (Wildman–Crippen MR) is 119 cm³/mol. The minimum absolute atomic E-state index is 0.344. The molecule has 0 heterocycles. The van der Waals surface area contributed by atoms with Crippen LogP contribution in [0.1, 0.15) is 25.0 Å². The number of allylic oxidation sites excluding steroid dienone is 2. The van der Waals surface area contributed by atoms with E-state index in [1.165, 1.54) is 12.2 Å². The van der Waals surface area contributed by atoms with Gasteiger partial charge >= 0.3 is 0 Å². The Morgan fingerprint density at radius 2 is 1.21 bits per heavy atom. The minimum Gasteiger partial charge on any atom is -0.402 e. The summed E-state index contributed by atoms with van der Waals surface area (Å²) in [6.07, 6.45) is 3.15. The fourth-order valence-corrected chi connectivity index (χ4v) is 3.03. The molecule has 2 aromatic carbocycles. The van der Waals surface area contributed by atoms with Crippen molar-refractivity contribution in [2.75, 3.05) is 10.6 Å². The molecule has 0 saturated heterocycles. The lowest BCUT2D eigenvalue weighted by molar-refractivity contribution is -0.112. The van der Waals surface area contributed by atoms with Gasteiger partial charge in [-0.3, -0.25) is 9.59 Å². The van der Waals surface area contributed by atoms with Gasteiger partial charge in [0.2, 0.25) is 11.8 Å². The number of nitrogens with one attached hydrogen (secondary N) is 2. The Bertz CT molecular complexity index is 913.